The zero-order valence-electron chi connectivity index (χ0n) is 19.8. The molecule has 0 aliphatic heterocycles. The third-order valence-electron chi connectivity index (χ3n) is 5.13. The number of ether oxygens (including phenoxy) is 1. The molecule has 0 saturated carbocycles. The number of hydrogen-bond donors (Lipinski definition) is 1. The summed E-state index contributed by atoms with van der Waals surface area (Å²) in [6.45, 7) is 5.80. The van der Waals surface area contributed by atoms with Crippen molar-refractivity contribution in [2.24, 2.45) is 0 Å². The van der Waals surface area contributed by atoms with Crippen LogP contribution in [0.25, 0.3) is 0 Å². The standard InChI is InChI=1S/C27H28F2N2O3S/c1-27(2,3)31(17-19-9-5-4-6-10-19)24(32)18-34-25(33)22-11-7-8-12-23(22)30-20-13-15-21(16-14-20)35-26(28)29/h4-16,26,30H,17-18H2,1-3H3. The summed E-state index contributed by atoms with van der Waals surface area (Å²) in [6.07, 6.45) is 0. The van der Waals surface area contributed by atoms with Gasteiger partial charge in [-0.15, -0.1) is 0 Å². The number of thioether (sulfide) groups is 1. The lowest BCUT2D eigenvalue weighted by Gasteiger charge is -2.35. The molecule has 0 bridgehead atoms. The third-order valence-corrected chi connectivity index (χ3v) is 5.85. The van der Waals surface area contributed by atoms with E-state index >= 15 is 0 Å². The maximum absolute atomic E-state index is 13.0. The largest absolute Gasteiger partial charge is 0.452 e. The van der Waals surface area contributed by atoms with Gasteiger partial charge in [-0.1, -0.05) is 54.2 Å². The third kappa shape index (κ3) is 7.82. The second-order valence-electron chi connectivity index (χ2n) is 8.79. The van der Waals surface area contributed by atoms with Crippen LogP contribution < -0.4 is 5.32 Å². The highest BCUT2D eigenvalue weighted by Gasteiger charge is 2.27. The van der Waals surface area contributed by atoms with Crippen LogP contribution in [0.4, 0.5) is 20.2 Å². The molecule has 0 aliphatic rings. The lowest BCUT2D eigenvalue weighted by molar-refractivity contribution is -0.140. The highest BCUT2D eigenvalue weighted by molar-refractivity contribution is 7.99. The van der Waals surface area contributed by atoms with Gasteiger partial charge >= 0.3 is 5.97 Å². The molecule has 0 aliphatic carbocycles. The fraction of sp³-hybridized carbons (Fsp3) is 0.259. The number of nitrogens with zero attached hydrogens (tertiary/aromatic N) is 1. The zero-order chi connectivity index (χ0) is 25.4. The van der Waals surface area contributed by atoms with Gasteiger partial charge in [0.05, 0.1) is 11.3 Å². The van der Waals surface area contributed by atoms with Gasteiger partial charge in [0, 0.05) is 22.7 Å². The summed E-state index contributed by atoms with van der Waals surface area (Å²) >= 11 is 0.464. The highest BCUT2D eigenvalue weighted by Crippen LogP contribution is 2.28. The molecule has 184 valence electrons. The molecule has 3 aromatic carbocycles. The molecular weight excluding hydrogens is 470 g/mol. The van der Waals surface area contributed by atoms with Crippen molar-refractivity contribution in [2.75, 3.05) is 11.9 Å². The van der Waals surface area contributed by atoms with Crippen LogP contribution >= 0.6 is 11.8 Å². The van der Waals surface area contributed by atoms with Gasteiger partial charge in [-0.2, -0.15) is 8.78 Å². The van der Waals surface area contributed by atoms with Crippen molar-refractivity contribution in [1.82, 2.24) is 4.90 Å². The number of para-hydroxylation sites is 1. The Labute approximate surface area is 208 Å². The number of benzene rings is 3. The fourth-order valence-electron chi connectivity index (χ4n) is 3.39. The van der Waals surface area contributed by atoms with Crippen molar-refractivity contribution >= 4 is 35.0 Å². The fourth-order valence-corrected chi connectivity index (χ4v) is 3.89. The van der Waals surface area contributed by atoms with Crippen LogP contribution in [0, 0.1) is 0 Å². The van der Waals surface area contributed by atoms with Crippen LogP contribution in [0.3, 0.4) is 0 Å². The Morgan fingerprint density at radius 2 is 1.57 bits per heavy atom. The van der Waals surface area contributed by atoms with Gasteiger partial charge in [0.2, 0.25) is 0 Å². The predicted octanol–water partition coefficient (Wildman–Crippen LogP) is 6.73. The quantitative estimate of drug-likeness (QED) is 0.262. The molecule has 1 N–H and O–H groups in total. The van der Waals surface area contributed by atoms with Gasteiger partial charge in [0.1, 0.15) is 0 Å². The minimum atomic E-state index is -2.49. The van der Waals surface area contributed by atoms with E-state index < -0.39 is 23.9 Å². The van der Waals surface area contributed by atoms with Gasteiger partial charge in [-0.25, -0.2) is 4.79 Å². The van der Waals surface area contributed by atoms with Crippen molar-refractivity contribution in [3.8, 4) is 0 Å². The molecule has 0 aromatic heterocycles. The van der Waals surface area contributed by atoms with E-state index in [0.717, 1.165) is 5.56 Å². The first kappa shape index (κ1) is 26.2. The maximum Gasteiger partial charge on any atom is 0.340 e. The SMILES string of the molecule is CC(C)(C)N(Cc1ccccc1)C(=O)COC(=O)c1ccccc1Nc1ccc(SC(F)F)cc1. The van der Waals surface area contributed by atoms with Crippen molar-refractivity contribution in [3.63, 3.8) is 0 Å². The van der Waals surface area contributed by atoms with Crippen LogP contribution in [0.2, 0.25) is 0 Å². The van der Waals surface area contributed by atoms with E-state index in [9.17, 15) is 18.4 Å². The first-order chi connectivity index (χ1) is 16.6. The Hall–Kier alpha value is -3.39. The van der Waals surface area contributed by atoms with Crippen LogP contribution in [0.1, 0.15) is 36.7 Å². The molecule has 0 fully saturated rings. The van der Waals surface area contributed by atoms with E-state index in [2.05, 4.69) is 5.32 Å². The van der Waals surface area contributed by atoms with E-state index in [1.54, 1.807) is 53.4 Å². The summed E-state index contributed by atoms with van der Waals surface area (Å²) in [4.78, 5) is 28.0. The van der Waals surface area contributed by atoms with Crippen molar-refractivity contribution < 1.29 is 23.1 Å². The summed E-state index contributed by atoms with van der Waals surface area (Å²) in [5, 5.41) is 3.11. The molecule has 0 saturated heterocycles. The molecule has 0 unspecified atom stereocenters. The topological polar surface area (TPSA) is 58.6 Å². The number of rotatable bonds is 9. The maximum atomic E-state index is 13.0. The minimum absolute atomic E-state index is 0.261. The van der Waals surface area contributed by atoms with Crippen LogP contribution in [-0.2, 0) is 16.1 Å². The Morgan fingerprint density at radius 3 is 2.20 bits per heavy atom. The molecule has 0 heterocycles. The van der Waals surface area contributed by atoms with Gasteiger partial charge in [0.15, 0.2) is 6.61 Å². The average Bonchev–Trinajstić information content (AvgIpc) is 2.82. The summed E-state index contributed by atoms with van der Waals surface area (Å²) < 4.78 is 30.5. The Bertz CT molecular complexity index is 1130. The van der Waals surface area contributed by atoms with Crippen molar-refractivity contribution in [2.45, 2.75) is 43.5 Å². The van der Waals surface area contributed by atoms with E-state index in [0.29, 0.717) is 34.6 Å². The normalized spacial score (nSPS) is 11.3. The Morgan fingerprint density at radius 1 is 0.943 bits per heavy atom. The number of halogens is 2. The molecular formula is C27H28F2N2O3S. The highest BCUT2D eigenvalue weighted by atomic mass is 32.2. The van der Waals surface area contributed by atoms with Crippen LogP contribution in [0.5, 0.6) is 0 Å². The second-order valence-corrected chi connectivity index (χ2v) is 9.85. The number of hydrogen-bond acceptors (Lipinski definition) is 5. The summed E-state index contributed by atoms with van der Waals surface area (Å²) in [7, 11) is 0. The molecule has 35 heavy (non-hydrogen) atoms. The lowest BCUT2D eigenvalue weighted by Crippen LogP contribution is -2.46. The zero-order valence-corrected chi connectivity index (χ0v) is 20.6. The molecule has 3 rings (SSSR count). The number of carbonyl (C=O) groups is 2. The van der Waals surface area contributed by atoms with Gasteiger partial charge < -0.3 is 15.0 Å². The molecule has 3 aromatic rings. The van der Waals surface area contributed by atoms with Crippen molar-refractivity contribution in [3.05, 3.63) is 90.0 Å². The predicted molar refractivity (Wildman–Crippen MR) is 135 cm³/mol. The molecule has 0 spiro atoms. The summed E-state index contributed by atoms with van der Waals surface area (Å²) in [5.74, 6) is -3.43. The molecule has 0 radical (unpaired) electrons. The number of alkyl halides is 2. The molecule has 1 amide bonds. The van der Waals surface area contributed by atoms with E-state index in [-0.39, 0.29) is 11.5 Å². The molecule has 0 atom stereocenters. The lowest BCUT2D eigenvalue weighted by atomic mass is 10.0. The number of anilines is 2. The number of nitrogens with one attached hydrogen (secondary N) is 1. The number of carbonyl (C=O) groups excluding carboxylic acids is 2. The van der Waals surface area contributed by atoms with E-state index in [1.807, 2.05) is 51.1 Å². The van der Waals surface area contributed by atoms with Crippen molar-refractivity contribution in [1.29, 1.82) is 0 Å². The molecule has 8 heteroatoms. The number of amides is 1. The average molecular weight is 499 g/mol. The smallest absolute Gasteiger partial charge is 0.340 e. The van der Waals surface area contributed by atoms with Crippen LogP contribution in [-0.4, -0.2) is 34.7 Å². The van der Waals surface area contributed by atoms with Crippen LogP contribution in [0.15, 0.2) is 83.8 Å². The van der Waals surface area contributed by atoms with Gasteiger partial charge in [-0.05, 0) is 62.7 Å². The Kier molecular flexibility index (Phi) is 8.87. The first-order valence-corrected chi connectivity index (χ1v) is 11.9. The summed E-state index contributed by atoms with van der Waals surface area (Å²) in [5.41, 5.74) is 1.89. The number of esters is 1. The van der Waals surface area contributed by atoms with E-state index in [1.165, 1.54) is 0 Å². The first-order valence-electron chi connectivity index (χ1n) is 11.1. The van der Waals surface area contributed by atoms with Gasteiger partial charge in [0.25, 0.3) is 11.7 Å². The van der Waals surface area contributed by atoms with E-state index in [4.69, 9.17) is 4.74 Å². The molecule has 5 nitrogen and oxygen atoms in total. The van der Waals surface area contributed by atoms with Gasteiger partial charge in [-0.3, -0.25) is 4.79 Å². The Balaban J connectivity index is 1.67. The monoisotopic (exact) mass is 498 g/mol. The summed E-state index contributed by atoms with van der Waals surface area (Å²) in [6, 6.07) is 22.8. The minimum Gasteiger partial charge on any atom is -0.452 e. The second kappa shape index (κ2) is 11.8.